The second-order valence-electron chi connectivity index (χ2n) is 4.01. The van der Waals surface area contributed by atoms with E-state index in [0.717, 1.165) is 10.6 Å². The van der Waals surface area contributed by atoms with Gasteiger partial charge in [0.15, 0.2) is 0 Å². The molecule has 98 valence electrons. The standard InChI is InChI=1S/C14H14N2O2S/c1-9-7-10(14(17)18)8-13(15-9)16-11-5-3-4-6-12(11)19-2/h3-8H,1-2H3,(H,15,16)(H,17,18). The summed E-state index contributed by atoms with van der Waals surface area (Å²) in [6, 6.07) is 10.9. The molecule has 0 amide bonds. The summed E-state index contributed by atoms with van der Waals surface area (Å²) >= 11 is 1.62. The third-order valence-electron chi connectivity index (χ3n) is 2.57. The van der Waals surface area contributed by atoms with Crippen LogP contribution in [0.2, 0.25) is 0 Å². The maximum absolute atomic E-state index is 11.0. The number of carboxylic acids is 1. The molecule has 2 N–H and O–H groups in total. The van der Waals surface area contributed by atoms with Gasteiger partial charge < -0.3 is 10.4 Å². The molecule has 5 heteroatoms. The topological polar surface area (TPSA) is 62.2 Å². The monoisotopic (exact) mass is 274 g/mol. The Morgan fingerprint density at radius 1 is 1.32 bits per heavy atom. The highest BCUT2D eigenvalue weighted by Gasteiger charge is 2.08. The van der Waals surface area contributed by atoms with Crippen LogP contribution in [0.3, 0.4) is 0 Å². The molecule has 2 aromatic rings. The summed E-state index contributed by atoms with van der Waals surface area (Å²) in [5, 5.41) is 12.2. The number of pyridine rings is 1. The van der Waals surface area contributed by atoms with Crippen molar-refractivity contribution < 1.29 is 9.90 Å². The molecule has 1 aromatic heterocycles. The van der Waals surface area contributed by atoms with Crippen LogP contribution < -0.4 is 5.32 Å². The lowest BCUT2D eigenvalue weighted by Crippen LogP contribution is -2.02. The van der Waals surface area contributed by atoms with Crippen LogP contribution in [0.25, 0.3) is 0 Å². The highest BCUT2D eigenvalue weighted by Crippen LogP contribution is 2.27. The molecule has 1 heterocycles. The van der Waals surface area contributed by atoms with Crippen molar-refractivity contribution in [2.75, 3.05) is 11.6 Å². The Kier molecular flexibility index (Phi) is 4.06. The van der Waals surface area contributed by atoms with Crippen LogP contribution in [0.15, 0.2) is 41.3 Å². The van der Waals surface area contributed by atoms with Gasteiger partial charge in [-0.05, 0) is 37.4 Å². The maximum atomic E-state index is 11.0. The van der Waals surface area contributed by atoms with Crippen molar-refractivity contribution >= 4 is 29.2 Å². The molecule has 0 radical (unpaired) electrons. The summed E-state index contributed by atoms with van der Waals surface area (Å²) < 4.78 is 0. The van der Waals surface area contributed by atoms with Gasteiger partial charge in [0.1, 0.15) is 5.82 Å². The predicted octanol–water partition coefficient (Wildman–Crippen LogP) is 3.55. The molecule has 0 aliphatic carbocycles. The molecule has 0 unspecified atom stereocenters. The molecule has 0 aliphatic rings. The van der Waals surface area contributed by atoms with Gasteiger partial charge in [0.2, 0.25) is 0 Å². The average molecular weight is 274 g/mol. The number of nitrogens with one attached hydrogen (secondary N) is 1. The lowest BCUT2D eigenvalue weighted by atomic mass is 10.2. The molecule has 0 saturated carbocycles. The second kappa shape index (κ2) is 5.75. The average Bonchev–Trinajstić information content (AvgIpc) is 2.38. The summed E-state index contributed by atoms with van der Waals surface area (Å²) in [6.07, 6.45) is 1.99. The van der Waals surface area contributed by atoms with Crippen LogP contribution in [0.5, 0.6) is 0 Å². The molecule has 0 spiro atoms. The quantitative estimate of drug-likeness (QED) is 0.835. The van der Waals surface area contributed by atoms with Gasteiger partial charge >= 0.3 is 5.97 Å². The number of hydrogen-bond donors (Lipinski definition) is 2. The number of aryl methyl sites for hydroxylation is 1. The smallest absolute Gasteiger partial charge is 0.335 e. The van der Waals surface area contributed by atoms with Crippen molar-refractivity contribution in [3.63, 3.8) is 0 Å². The Morgan fingerprint density at radius 2 is 2.05 bits per heavy atom. The molecule has 0 atom stereocenters. The van der Waals surface area contributed by atoms with Gasteiger partial charge in [0, 0.05) is 10.6 Å². The number of aromatic nitrogens is 1. The summed E-state index contributed by atoms with van der Waals surface area (Å²) in [4.78, 5) is 16.4. The van der Waals surface area contributed by atoms with E-state index < -0.39 is 5.97 Å². The number of hydrogen-bond acceptors (Lipinski definition) is 4. The minimum Gasteiger partial charge on any atom is -0.478 e. The van der Waals surface area contributed by atoms with Crippen molar-refractivity contribution in [1.82, 2.24) is 4.98 Å². The van der Waals surface area contributed by atoms with Crippen molar-refractivity contribution in [3.05, 3.63) is 47.7 Å². The Hall–Kier alpha value is -2.01. The van der Waals surface area contributed by atoms with Crippen LogP contribution in [0.1, 0.15) is 16.1 Å². The summed E-state index contributed by atoms with van der Waals surface area (Å²) in [6.45, 7) is 1.78. The van der Waals surface area contributed by atoms with E-state index in [9.17, 15) is 4.79 Å². The largest absolute Gasteiger partial charge is 0.478 e. The summed E-state index contributed by atoms with van der Waals surface area (Å²) in [7, 11) is 0. The number of para-hydroxylation sites is 1. The number of anilines is 2. The molecular weight excluding hydrogens is 260 g/mol. The number of thioether (sulfide) groups is 1. The van der Waals surface area contributed by atoms with E-state index in [1.54, 1.807) is 24.8 Å². The van der Waals surface area contributed by atoms with Crippen molar-refractivity contribution in [3.8, 4) is 0 Å². The first-order chi connectivity index (χ1) is 9.10. The molecule has 0 saturated heterocycles. The Morgan fingerprint density at radius 3 is 2.74 bits per heavy atom. The lowest BCUT2D eigenvalue weighted by Gasteiger charge is -2.10. The number of nitrogens with zero attached hydrogens (tertiary/aromatic N) is 1. The first kappa shape index (κ1) is 13.4. The number of rotatable bonds is 4. The van der Waals surface area contributed by atoms with Gasteiger partial charge in [-0.2, -0.15) is 0 Å². The van der Waals surface area contributed by atoms with Crippen LogP contribution in [-0.2, 0) is 0 Å². The van der Waals surface area contributed by atoms with E-state index in [0.29, 0.717) is 11.5 Å². The van der Waals surface area contributed by atoms with Crippen molar-refractivity contribution in [2.45, 2.75) is 11.8 Å². The van der Waals surface area contributed by atoms with E-state index in [1.807, 2.05) is 30.5 Å². The van der Waals surface area contributed by atoms with Crippen molar-refractivity contribution in [2.24, 2.45) is 0 Å². The molecule has 0 aliphatic heterocycles. The van der Waals surface area contributed by atoms with E-state index in [1.165, 1.54) is 6.07 Å². The first-order valence-corrected chi connectivity index (χ1v) is 6.94. The fourth-order valence-corrected chi connectivity index (χ4v) is 2.30. The number of carboxylic acid groups (broad SMARTS) is 1. The second-order valence-corrected chi connectivity index (χ2v) is 4.86. The fourth-order valence-electron chi connectivity index (χ4n) is 1.74. The third kappa shape index (κ3) is 3.26. The van der Waals surface area contributed by atoms with Crippen LogP contribution in [0, 0.1) is 6.92 Å². The van der Waals surface area contributed by atoms with E-state index in [2.05, 4.69) is 10.3 Å². The number of carbonyl (C=O) groups is 1. The molecule has 0 bridgehead atoms. The Bertz CT molecular complexity index is 614. The van der Waals surface area contributed by atoms with E-state index >= 15 is 0 Å². The molecule has 19 heavy (non-hydrogen) atoms. The Balaban J connectivity index is 2.35. The van der Waals surface area contributed by atoms with Gasteiger partial charge in [-0.1, -0.05) is 12.1 Å². The molecule has 4 nitrogen and oxygen atoms in total. The minimum absolute atomic E-state index is 0.233. The predicted molar refractivity (Wildman–Crippen MR) is 77.4 cm³/mol. The Labute approximate surface area is 115 Å². The van der Waals surface area contributed by atoms with E-state index in [4.69, 9.17) is 5.11 Å². The van der Waals surface area contributed by atoms with E-state index in [-0.39, 0.29) is 5.56 Å². The molecule has 0 fully saturated rings. The molecular formula is C14H14N2O2S. The van der Waals surface area contributed by atoms with Gasteiger partial charge in [-0.3, -0.25) is 0 Å². The zero-order valence-corrected chi connectivity index (χ0v) is 11.5. The zero-order chi connectivity index (χ0) is 13.8. The SMILES string of the molecule is CSc1ccccc1Nc1cc(C(=O)O)cc(C)n1. The van der Waals surface area contributed by atoms with Gasteiger partial charge in [0.05, 0.1) is 11.3 Å². The number of benzene rings is 1. The minimum atomic E-state index is -0.952. The maximum Gasteiger partial charge on any atom is 0.335 e. The van der Waals surface area contributed by atoms with Gasteiger partial charge in [0.25, 0.3) is 0 Å². The van der Waals surface area contributed by atoms with Crippen LogP contribution >= 0.6 is 11.8 Å². The molecule has 2 rings (SSSR count). The lowest BCUT2D eigenvalue weighted by molar-refractivity contribution is 0.0696. The fraction of sp³-hybridized carbons (Fsp3) is 0.143. The number of aromatic carboxylic acids is 1. The van der Waals surface area contributed by atoms with Crippen LogP contribution in [-0.4, -0.2) is 22.3 Å². The highest BCUT2D eigenvalue weighted by molar-refractivity contribution is 7.98. The summed E-state index contributed by atoms with van der Waals surface area (Å²) in [5.74, 6) is -0.411. The van der Waals surface area contributed by atoms with Gasteiger partial charge in [-0.25, -0.2) is 9.78 Å². The van der Waals surface area contributed by atoms with Gasteiger partial charge in [-0.15, -0.1) is 11.8 Å². The van der Waals surface area contributed by atoms with Crippen LogP contribution in [0.4, 0.5) is 11.5 Å². The summed E-state index contributed by atoms with van der Waals surface area (Å²) in [5.41, 5.74) is 1.82. The zero-order valence-electron chi connectivity index (χ0n) is 10.7. The third-order valence-corrected chi connectivity index (χ3v) is 3.37. The first-order valence-electron chi connectivity index (χ1n) is 5.72. The highest BCUT2D eigenvalue weighted by atomic mass is 32.2. The molecule has 1 aromatic carbocycles. The normalized spacial score (nSPS) is 10.2. The van der Waals surface area contributed by atoms with Crippen molar-refractivity contribution in [1.29, 1.82) is 0 Å².